The Kier molecular flexibility index (Phi) is 4.33. The molecule has 0 atom stereocenters. The van der Waals surface area contributed by atoms with E-state index >= 15 is 0 Å². The molecule has 1 amide bonds. The van der Waals surface area contributed by atoms with Crippen LogP contribution in [0.1, 0.15) is 24.8 Å². The Morgan fingerprint density at radius 1 is 1.30 bits per heavy atom. The quantitative estimate of drug-likeness (QED) is 0.508. The van der Waals surface area contributed by atoms with E-state index < -0.39 is 10.8 Å². The van der Waals surface area contributed by atoms with Crippen molar-refractivity contribution in [3.8, 4) is 5.75 Å². The largest absolute Gasteiger partial charge is 0.508 e. The number of amidine groups is 1. The predicted molar refractivity (Wildman–Crippen MR) is 88.2 cm³/mol. The van der Waals surface area contributed by atoms with E-state index in [1.807, 2.05) is 0 Å². The summed E-state index contributed by atoms with van der Waals surface area (Å²) in [7, 11) is 0. The monoisotopic (exact) mass is 333 g/mol. The zero-order chi connectivity index (χ0) is 16.4. The number of benzene rings is 1. The Morgan fingerprint density at radius 2 is 2.04 bits per heavy atom. The molecule has 0 aromatic heterocycles. The van der Waals surface area contributed by atoms with Crippen LogP contribution in [-0.4, -0.2) is 39.1 Å². The zero-order valence-corrected chi connectivity index (χ0v) is 13.1. The number of rotatable bonds is 2. The van der Waals surface area contributed by atoms with Gasteiger partial charge in [-0.1, -0.05) is 0 Å². The number of phenolic OH excluding ortho intramolecular Hbond substituents is 1. The summed E-state index contributed by atoms with van der Waals surface area (Å²) < 4.78 is 0. The topological polar surface area (TPSA) is 96.0 Å². The molecule has 1 N–H and O–H groups in total. The molecule has 2 aliphatic rings. The van der Waals surface area contributed by atoms with E-state index in [1.165, 1.54) is 42.5 Å². The van der Waals surface area contributed by atoms with Crippen LogP contribution in [0.3, 0.4) is 0 Å². The third-order valence-corrected chi connectivity index (χ3v) is 4.77. The minimum absolute atomic E-state index is 0.0879. The van der Waals surface area contributed by atoms with Gasteiger partial charge in [-0.15, -0.1) is 0 Å². The van der Waals surface area contributed by atoms with E-state index in [0.29, 0.717) is 10.1 Å². The van der Waals surface area contributed by atoms with Gasteiger partial charge in [0.05, 0.1) is 15.4 Å². The molecule has 0 saturated carbocycles. The molecule has 1 aromatic rings. The Morgan fingerprint density at radius 3 is 2.74 bits per heavy atom. The first kappa shape index (κ1) is 15.5. The molecule has 0 bridgehead atoms. The minimum Gasteiger partial charge on any atom is -0.508 e. The number of hydrogen-bond acceptors (Lipinski definition) is 6. The molecule has 0 unspecified atom stereocenters. The van der Waals surface area contributed by atoms with Crippen LogP contribution in [0.15, 0.2) is 28.1 Å². The highest BCUT2D eigenvalue weighted by molar-refractivity contribution is 8.18. The summed E-state index contributed by atoms with van der Waals surface area (Å²) in [6, 6.07) is 3.75. The maximum Gasteiger partial charge on any atom is 0.286 e. The van der Waals surface area contributed by atoms with Crippen LogP contribution in [0, 0.1) is 10.1 Å². The number of hydrogen-bond donors (Lipinski definition) is 1. The van der Waals surface area contributed by atoms with E-state index in [1.54, 1.807) is 0 Å². The number of nitrogens with zero attached hydrogens (tertiary/aromatic N) is 3. The van der Waals surface area contributed by atoms with Crippen molar-refractivity contribution >= 4 is 34.6 Å². The van der Waals surface area contributed by atoms with Gasteiger partial charge in [0.15, 0.2) is 5.17 Å². The van der Waals surface area contributed by atoms with Crippen molar-refractivity contribution in [2.75, 3.05) is 13.1 Å². The number of thioether (sulfide) groups is 1. The third kappa shape index (κ3) is 3.37. The van der Waals surface area contributed by atoms with Crippen molar-refractivity contribution in [1.82, 2.24) is 4.90 Å². The van der Waals surface area contributed by atoms with Crippen LogP contribution in [0.5, 0.6) is 5.75 Å². The molecule has 8 heteroatoms. The maximum absolute atomic E-state index is 12.1. The summed E-state index contributed by atoms with van der Waals surface area (Å²) in [6.45, 7) is 1.75. The number of nitro groups is 1. The normalized spacial score (nSPS) is 20.0. The molecule has 7 nitrogen and oxygen atoms in total. The zero-order valence-electron chi connectivity index (χ0n) is 12.3. The summed E-state index contributed by atoms with van der Waals surface area (Å²) in [5, 5.41) is 21.3. The van der Waals surface area contributed by atoms with Crippen LogP contribution in [0.2, 0.25) is 0 Å². The fourth-order valence-electron chi connectivity index (χ4n) is 2.58. The second-order valence-electron chi connectivity index (χ2n) is 5.36. The van der Waals surface area contributed by atoms with E-state index in [9.17, 15) is 20.0 Å². The molecule has 0 aliphatic carbocycles. The summed E-state index contributed by atoms with van der Waals surface area (Å²) in [5.41, 5.74) is 0.0380. The van der Waals surface area contributed by atoms with Gasteiger partial charge in [0.25, 0.3) is 11.6 Å². The van der Waals surface area contributed by atoms with Crippen LogP contribution < -0.4 is 0 Å². The lowest BCUT2D eigenvalue weighted by Crippen LogP contribution is -2.33. The van der Waals surface area contributed by atoms with Gasteiger partial charge in [-0.25, -0.2) is 0 Å². The summed E-state index contributed by atoms with van der Waals surface area (Å²) in [6.07, 6.45) is 4.75. The summed E-state index contributed by atoms with van der Waals surface area (Å²) in [4.78, 5) is 29.0. The first-order valence-corrected chi connectivity index (χ1v) is 8.11. The van der Waals surface area contributed by atoms with Gasteiger partial charge < -0.3 is 10.0 Å². The number of phenols is 1. The van der Waals surface area contributed by atoms with Gasteiger partial charge in [-0.3, -0.25) is 14.9 Å². The number of nitro benzene ring substituents is 1. The number of aliphatic imine (C=N–C) groups is 1. The van der Waals surface area contributed by atoms with Crippen molar-refractivity contribution in [2.24, 2.45) is 4.99 Å². The maximum atomic E-state index is 12.1. The van der Waals surface area contributed by atoms with Gasteiger partial charge in [0.2, 0.25) is 0 Å². The molecule has 1 aromatic carbocycles. The molecule has 120 valence electrons. The van der Waals surface area contributed by atoms with Crippen molar-refractivity contribution < 1.29 is 14.8 Å². The van der Waals surface area contributed by atoms with Gasteiger partial charge >= 0.3 is 0 Å². The number of carbonyl (C=O) groups is 1. The highest BCUT2D eigenvalue weighted by Gasteiger charge is 2.27. The molecular weight excluding hydrogens is 318 g/mol. The highest BCUT2D eigenvalue weighted by Crippen LogP contribution is 2.34. The SMILES string of the molecule is O=C1N=C(N2CCCCC2)S/C1=C\c1cc(O)ccc1[N+](=O)[O-]. The predicted octanol–water partition coefficient (Wildman–Crippen LogP) is 2.76. The Hall–Kier alpha value is -2.35. The third-order valence-electron chi connectivity index (χ3n) is 3.73. The second-order valence-corrected chi connectivity index (χ2v) is 6.37. The first-order chi connectivity index (χ1) is 11.0. The van der Waals surface area contributed by atoms with E-state index in [4.69, 9.17) is 0 Å². The summed E-state index contributed by atoms with van der Waals surface area (Å²) in [5.74, 6) is -0.483. The lowest BCUT2D eigenvalue weighted by Gasteiger charge is -2.27. The lowest BCUT2D eigenvalue weighted by atomic mass is 10.1. The molecule has 2 heterocycles. The average molecular weight is 333 g/mol. The second kappa shape index (κ2) is 6.41. The lowest BCUT2D eigenvalue weighted by molar-refractivity contribution is -0.385. The molecule has 3 rings (SSSR count). The van der Waals surface area contributed by atoms with E-state index in [0.717, 1.165) is 25.9 Å². The van der Waals surface area contributed by atoms with Gasteiger partial charge in [-0.2, -0.15) is 4.99 Å². The van der Waals surface area contributed by atoms with Crippen molar-refractivity contribution in [2.45, 2.75) is 19.3 Å². The Labute approximate surface area is 136 Å². The molecule has 2 aliphatic heterocycles. The number of piperidine rings is 1. The molecule has 1 saturated heterocycles. The van der Waals surface area contributed by atoms with Crippen molar-refractivity contribution in [3.63, 3.8) is 0 Å². The van der Waals surface area contributed by atoms with Crippen molar-refractivity contribution in [1.29, 1.82) is 0 Å². The number of carbonyl (C=O) groups excluding carboxylic acids is 1. The van der Waals surface area contributed by atoms with Gasteiger partial charge in [-0.05, 0) is 49.2 Å². The van der Waals surface area contributed by atoms with Crippen LogP contribution in [0.4, 0.5) is 5.69 Å². The Bertz CT molecular complexity index is 723. The van der Waals surface area contributed by atoms with E-state index in [-0.39, 0.29) is 17.0 Å². The minimum atomic E-state index is -0.539. The van der Waals surface area contributed by atoms with Crippen LogP contribution >= 0.6 is 11.8 Å². The summed E-state index contributed by atoms with van der Waals surface area (Å²) >= 11 is 1.23. The number of amides is 1. The average Bonchev–Trinajstić information content (AvgIpc) is 2.89. The fraction of sp³-hybridized carbons (Fsp3) is 0.333. The first-order valence-electron chi connectivity index (χ1n) is 7.29. The fourth-order valence-corrected chi connectivity index (χ4v) is 3.54. The van der Waals surface area contributed by atoms with E-state index in [2.05, 4.69) is 9.89 Å². The molecular formula is C15H15N3O4S. The van der Waals surface area contributed by atoms with Crippen LogP contribution in [-0.2, 0) is 4.79 Å². The number of aromatic hydroxyl groups is 1. The Balaban J connectivity index is 1.86. The van der Waals surface area contributed by atoms with Gasteiger partial charge in [0, 0.05) is 19.2 Å². The van der Waals surface area contributed by atoms with Crippen molar-refractivity contribution in [3.05, 3.63) is 38.8 Å². The highest BCUT2D eigenvalue weighted by atomic mass is 32.2. The standard InChI is InChI=1S/C15H15N3O4S/c19-11-4-5-12(18(21)22)10(8-11)9-13-14(20)16-15(23-13)17-6-2-1-3-7-17/h4-5,8-9,19H,1-3,6-7H2/b13-9-. The molecule has 0 radical (unpaired) electrons. The smallest absolute Gasteiger partial charge is 0.286 e. The molecule has 1 fully saturated rings. The molecule has 0 spiro atoms. The number of likely N-dealkylation sites (tertiary alicyclic amines) is 1. The van der Waals surface area contributed by atoms with Crippen LogP contribution in [0.25, 0.3) is 6.08 Å². The molecule has 23 heavy (non-hydrogen) atoms. The van der Waals surface area contributed by atoms with Gasteiger partial charge in [0.1, 0.15) is 5.75 Å².